The Morgan fingerprint density at radius 2 is 2.00 bits per heavy atom. The molecule has 0 aliphatic carbocycles. The second-order valence-electron chi connectivity index (χ2n) is 8.42. The molecule has 2 heterocycles. The molecule has 0 bridgehead atoms. The highest BCUT2D eigenvalue weighted by atomic mass is 32.2. The van der Waals surface area contributed by atoms with Gasteiger partial charge >= 0.3 is 0 Å². The lowest BCUT2D eigenvalue weighted by Gasteiger charge is -2.24. The van der Waals surface area contributed by atoms with E-state index in [2.05, 4.69) is 10.3 Å². The van der Waals surface area contributed by atoms with Gasteiger partial charge in [-0.15, -0.1) is 0 Å². The molecule has 1 aromatic heterocycles. The topological polar surface area (TPSA) is 77.7 Å². The molecule has 1 amide bonds. The highest BCUT2D eigenvalue weighted by Gasteiger charge is 2.18. The minimum atomic E-state index is -0.283. The van der Waals surface area contributed by atoms with Gasteiger partial charge in [-0.3, -0.25) is 14.2 Å². The van der Waals surface area contributed by atoms with Crippen LogP contribution in [-0.2, 0) is 16.1 Å². The van der Waals surface area contributed by atoms with E-state index in [4.69, 9.17) is 4.74 Å². The zero-order valence-electron chi connectivity index (χ0n) is 17.5. The first kappa shape index (κ1) is 21.8. The van der Waals surface area contributed by atoms with Crippen LogP contribution in [-0.4, -0.2) is 59.6 Å². The Labute approximate surface area is 175 Å². The summed E-state index contributed by atoms with van der Waals surface area (Å²) in [6.45, 7) is 11.1. The highest BCUT2D eigenvalue weighted by molar-refractivity contribution is 7.99. The molecule has 158 valence electrons. The van der Waals surface area contributed by atoms with Gasteiger partial charge in [0.1, 0.15) is 13.1 Å². The minimum absolute atomic E-state index is 0.0358. The van der Waals surface area contributed by atoms with Crippen molar-refractivity contribution >= 4 is 28.6 Å². The molecule has 1 fully saturated rings. The molecule has 1 aliphatic heterocycles. The molecule has 1 aliphatic rings. The summed E-state index contributed by atoms with van der Waals surface area (Å²) in [4.78, 5) is 31.5. The van der Waals surface area contributed by atoms with Crippen LogP contribution in [0.3, 0.4) is 0 Å². The number of fused-ring (bicyclic) bond motifs is 1. The number of ether oxygens (including phenoxy) is 1. The number of aromatic nitrogens is 2. The number of hydrogen-bond donors (Lipinski definition) is 2. The first-order valence-corrected chi connectivity index (χ1v) is 11.2. The lowest BCUT2D eigenvalue weighted by atomic mass is 10.1. The fourth-order valence-corrected chi connectivity index (χ4v) is 4.26. The van der Waals surface area contributed by atoms with E-state index in [9.17, 15) is 9.59 Å². The maximum atomic E-state index is 13.1. The van der Waals surface area contributed by atoms with Crippen molar-refractivity contribution in [3.8, 4) is 0 Å². The molecular formula is C21H31N4O3S+. The lowest BCUT2D eigenvalue weighted by Crippen LogP contribution is -3.14. The highest BCUT2D eigenvalue weighted by Crippen LogP contribution is 2.18. The molecule has 1 aromatic carbocycles. The van der Waals surface area contributed by atoms with E-state index in [1.54, 1.807) is 4.57 Å². The van der Waals surface area contributed by atoms with Gasteiger partial charge in [0.25, 0.3) is 5.56 Å². The van der Waals surface area contributed by atoms with E-state index in [-0.39, 0.29) is 22.8 Å². The van der Waals surface area contributed by atoms with Crippen LogP contribution in [0, 0.1) is 0 Å². The number of rotatable bonds is 7. The van der Waals surface area contributed by atoms with Crippen LogP contribution in [0.25, 0.3) is 10.9 Å². The van der Waals surface area contributed by atoms with Crippen molar-refractivity contribution in [2.45, 2.75) is 44.4 Å². The van der Waals surface area contributed by atoms with Crippen LogP contribution in [0.1, 0.15) is 27.2 Å². The van der Waals surface area contributed by atoms with Gasteiger partial charge in [-0.2, -0.15) is 0 Å². The van der Waals surface area contributed by atoms with Crippen LogP contribution in [0.15, 0.2) is 34.2 Å². The SMILES string of the molecule is CC(C)(C)NC(=O)CSc1nc2ccccc2c(=O)n1CCC[NH+]1CCOCC1. The summed E-state index contributed by atoms with van der Waals surface area (Å²) in [5.74, 6) is 0.172. The number of benzene rings is 1. The van der Waals surface area contributed by atoms with Crippen molar-refractivity contribution in [1.82, 2.24) is 14.9 Å². The summed E-state index contributed by atoms with van der Waals surface area (Å²) in [5.41, 5.74) is 0.354. The van der Waals surface area contributed by atoms with Crippen molar-refractivity contribution in [3.05, 3.63) is 34.6 Å². The van der Waals surface area contributed by atoms with Crippen molar-refractivity contribution in [2.24, 2.45) is 0 Å². The molecule has 29 heavy (non-hydrogen) atoms. The van der Waals surface area contributed by atoms with Crippen LogP contribution >= 0.6 is 11.8 Å². The Morgan fingerprint density at radius 3 is 2.72 bits per heavy atom. The van der Waals surface area contributed by atoms with Crippen LogP contribution < -0.4 is 15.8 Å². The number of nitrogens with one attached hydrogen (secondary N) is 2. The number of morpholine rings is 1. The van der Waals surface area contributed by atoms with Gasteiger partial charge in [0.15, 0.2) is 5.16 Å². The summed E-state index contributed by atoms with van der Waals surface area (Å²) in [6.07, 6.45) is 0.886. The molecule has 2 N–H and O–H groups in total. The van der Waals surface area contributed by atoms with Gasteiger partial charge in [0.05, 0.1) is 36.4 Å². The third-order valence-electron chi connectivity index (χ3n) is 4.79. The van der Waals surface area contributed by atoms with Gasteiger partial charge in [0.2, 0.25) is 5.91 Å². The molecular weight excluding hydrogens is 388 g/mol. The Morgan fingerprint density at radius 1 is 1.28 bits per heavy atom. The molecule has 7 nitrogen and oxygen atoms in total. The van der Waals surface area contributed by atoms with Crippen molar-refractivity contribution in [3.63, 3.8) is 0 Å². The van der Waals surface area contributed by atoms with Crippen molar-refractivity contribution < 1.29 is 14.4 Å². The van der Waals surface area contributed by atoms with Crippen molar-refractivity contribution in [1.29, 1.82) is 0 Å². The Bertz CT molecular complexity index is 901. The smallest absolute Gasteiger partial charge is 0.262 e. The number of amides is 1. The van der Waals surface area contributed by atoms with E-state index >= 15 is 0 Å². The van der Waals surface area contributed by atoms with Crippen LogP contribution in [0.4, 0.5) is 0 Å². The Balaban J connectivity index is 1.75. The van der Waals surface area contributed by atoms with Gasteiger partial charge in [0, 0.05) is 18.5 Å². The molecule has 0 spiro atoms. The minimum Gasteiger partial charge on any atom is -0.370 e. The van der Waals surface area contributed by atoms with E-state index in [1.165, 1.54) is 16.7 Å². The summed E-state index contributed by atoms with van der Waals surface area (Å²) in [6, 6.07) is 7.40. The zero-order valence-corrected chi connectivity index (χ0v) is 18.3. The number of thioether (sulfide) groups is 1. The fraction of sp³-hybridized carbons (Fsp3) is 0.571. The fourth-order valence-electron chi connectivity index (χ4n) is 3.44. The zero-order chi connectivity index (χ0) is 20.9. The average Bonchev–Trinajstić information content (AvgIpc) is 2.68. The largest absolute Gasteiger partial charge is 0.370 e. The summed E-state index contributed by atoms with van der Waals surface area (Å²) in [5, 5.41) is 4.18. The van der Waals surface area contributed by atoms with Gasteiger partial charge in [-0.1, -0.05) is 23.9 Å². The van der Waals surface area contributed by atoms with E-state index in [1.807, 2.05) is 45.0 Å². The van der Waals surface area contributed by atoms with Crippen LogP contribution in [0.5, 0.6) is 0 Å². The van der Waals surface area contributed by atoms with Crippen LogP contribution in [0.2, 0.25) is 0 Å². The maximum Gasteiger partial charge on any atom is 0.262 e. The van der Waals surface area contributed by atoms with Gasteiger partial charge in [-0.25, -0.2) is 4.98 Å². The summed E-state index contributed by atoms with van der Waals surface area (Å²) < 4.78 is 7.15. The van der Waals surface area contributed by atoms with Gasteiger partial charge < -0.3 is 15.0 Å². The Kier molecular flexibility index (Phi) is 7.32. The second-order valence-corrected chi connectivity index (χ2v) is 9.36. The van der Waals surface area contributed by atoms with Gasteiger partial charge in [-0.05, 0) is 32.9 Å². The van der Waals surface area contributed by atoms with Crippen molar-refractivity contribution in [2.75, 3.05) is 38.6 Å². The number of hydrogen-bond acceptors (Lipinski definition) is 5. The monoisotopic (exact) mass is 419 g/mol. The number of quaternary nitrogens is 1. The predicted octanol–water partition coefficient (Wildman–Crippen LogP) is 0.709. The van der Waals surface area contributed by atoms with E-state index in [0.29, 0.717) is 22.6 Å². The summed E-state index contributed by atoms with van der Waals surface area (Å²) >= 11 is 1.32. The predicted molar refractivity (Wildman–Crippen MR) is 116 cm³/mol. The third-order valence-corrected chi connectivity index (χ3v) is 5.76. The molecule has 0 radical (unpaired) electrons. The molecule has 0 atom stereocenters. The molecule has 0 saturated carbocycles. The van der Waals surface area contributed by atoms with E-state index < -0.39 is 0 Å². The molecule has 1 saturated heterocycles. The first-order valence-electron chi connectivity index (χ1n) is 10.2. The quantitative estimate of drug-likeness (QED) is 0.511. The summed E-state index contributed by atoms with van der Waals surface area (Å²) in [7, 11) is 0. The first-order chi connectivity index (χ1) is 13.8. The Hall–Kier alpha value is -1.90. The normalized spacial score (nSPS) is 15.6. The molecule has 0 unspecified atom stereocenters. The number of nitrogens with zero attached hydrogens (tertiary/aromatic N) is 2. The molecule has 8 heteroatoms. The number of carbonyl (C=O) groups excluding carboxylic acids is 1. The number of para-hydroxylation sites is 1. The standard InChI is InChI=1S/C21H30N4O3S/c1-21(2,3)23-18(26)15-29-20-22-17-8-5-4-7-16(17)19(27)25(20)10-6-9-24-11-13-28-14-12-24/h4-5,7-8H,6,9-15H2,1-3H3,(H,23,26)/p+1. The lowest BCUT2D eigenvalue weighted by molar-refractivity contribution is -0.908. The van der Waals surface area contributed by atoms with E-state index in [0.717, 1.165) is 39.3 Å². The molecule has 3 rings (SSSR count). The maximum absolute atomic E-state index is 13.1. The third kappa shape index (κ3) is 6.29. The second kappa shape index (κ2) is 9.73. The molecule has 2 aromatic rings. The average molecular weight is 420 g/mol. The number of carbonyl (C=O) groups is 1.